The van der Waals surface area contributed by atoms with E-state index in [-0.39, 0.29) is 0 Å². The topological polar surface area (TPSA) is 69.9 Å². The van der Waals surface area contributed by atoms with Crippen molar-refractivity contribution < 1.29 is 8.83 Å². The summed E-state index contributed by atoms with van der Waals surface area (Å²) in [6.07, 6.45) is 0. The fourth-order valence-electron chi connectivity index (χ4n) is 11.0. The van der Waals surface area contributed by atoms with Gasteiger partial charge in [0.1, 0.15) is 16.7 Å². The van der Waals surface area contributed by atoms with Crippen molar-refractivity contribution in [3.63, 3.8) is 0 Å². The lowest BCUT2D eigenvalue weighted by Crippen LogP contribution is -2.00. The summed E-state index contributed by atoms with van der Waals surface area (Å²) in [7, 11) is 0. The maximum Gasteiger partial charge on any atom is 0.164 e. The highest BCUT2D eigenvalue weighted by molar-refractivity contribution is 6.14. The molecule has 6 heteroatoms. The molecule has 75 heavy (non-hydrogen) atoms. The van der Waals surface area contributed by atoms with Crippen LogP contribution in [0.2, 0.25) is 0 Å². The summed E-state index contributed by atoms with van der Waals surface area (Å²) in [6.45, 7) is 0. The molecule has 4 heterocycles. The molecule has 0 bridgehead atoms. The maximum absolute atomic E-state index is 6.80. The Kier molecular flexibility index (Phi) is 9.78. The fraction of sp³-hybridized carbons (Fsp3) is 0. The minimum absolute atomic E-state index is 0.575. The van der Waals surface area contributed by atoms with E-state index in [1.54, 1.807) is 0 Å². The Bertz CT molecular complexity index is 4690. The van der Waals surface area contributed by atoms with E-state index in [1.807, 2.05) is 42.5 Å². The molecule has 350 valence electrons. The summed E-state index contributed by atoms with van der Waals surface area (Å²) in [5, 5.41) is 6.60. The zero-order chi connectivity index (χ0) is 49.4. The quantitative estimate of drug-likeness (QED) is 0.152. The number of benzene rings is 11. The van der Waals surface area contributed by atoms with E-state index in [0.29, 0.717) is 17.5 Å². The molecule has 0 saturated heterocycles. The van der Waals surface area contributed by atoms with Crippen LogP contribution in [0.5, 0.6) is 0 Å². The molecule has 15 rings (SSSR count). The van der Waals surface area contributed by atoms with Crippen LogP contribution >= 0.6 is 0 Å². The third-order valence-corrected chi connectivity index (χ3v) is 14.7. The van der Waals surface area contributed by atoms with Gasteiger partial charge in [0, 0.05) is 49.0 Å². The van der Waals surface area contributed by atoms with Gasteiger partial charge in [0.15, 0.2) is 23.1 Å². The highest BCUT2D eigenvalue weighted by Gasteiger charge is 2.21. The first-order chi connectivity index (χ1) is 37.1. The fourth-order valence-corrected chi connectivity index (χ4v) is 11.0. The van der Waals surface area contributed by atoms with Gasteiger partial charge in [-0.25, -0.2) is 15.0 Å². The average Bonchev–Trinajstić information content (AvgIpc) is 4.20. The summed E-state index contributed by atoms with van der Waals surface area (Å²) >= 11 is 0. The summed E-state index contributed by atoms with van der Waals surface area (Å²) in [6, 6.07) is 89.4. The molecule has 11 aromatic carbocycles. The van der Waals surface area contributed by atoms with E-state index >= 15 is 0 Å². The number of rotatable bonds is 8. The van der Waals surface area contributed by atoms with Crippen LogP contribution in [0.1, 0.15) is 0 Å². The van der Waals surface area contributed by atoms with Gasteiger partial charge in [0.25, 0.3) is 0 Å². The van der Waals surface area contributed by atoms with Gasteiger partial charge in [-0.3, -0.25) is 0 Å². The first kappa shape index (κ1) is 42.5. The molecule has 4 aromatic heterocycles. The van der Waals surface area contributed by atoms with E-state index < -0.39 is 0 Å². The van der Waals surface area contributed by atoms with Crippen LogP contribution in [0.3, 0.4) is 0 Å². The predicted octanol–water partition coefficient (Wildman–Crippen LogP) is 18.4. The third-order valence-electron chi connectivity index (χ3n) is 14.7. The Morgan fingerprint density at radius 3 is 1.40 bits per heavy atom. The smallest absolute Gasteiger partial charge is 0.164 e. The number of hydrogen-bond acceptors (Lipinski definition) is 5. The molecule has 0 saturated carbocycles. The first-order valence-corrected chi connectivity index (χ1v) is 25.2. The molecular weight excluding hydrogens is 917 g/mol. The van der Waals surface area contributed by atoms with Crippen molar-refractivity contribution in [2.45, 2.75) is 0 Å². The predicted molar refractivity (Wildman–Crippen MR) is 307 cm³/mol. The van der Waals surface area contributed by atoms with Crippen molar-refractivity contribution in [2.75, 3.05) is 0 Å². The van der Waals surface area contributed by atoms with Crippen molar-refractivity contribution in [2.24, 2.45) is 0 Å². The summed E-state index contributed by atoms with van der Waals surface area (Å²) < 4.78 is 15.9. The number of aromatic nitrogens is 4. The van der Waals surface area contributed by atoms with E-state index in [0.717, 1.165) is 111 Å². The Hall–Kier alpha value is -10.2. The van der Waals surface area contributed by atoms with Crippen molar-refractivity contribution in [3.8, 4) is 84.4 Å². The Balaban J connectivity index is 0.815. The largest absolute Gasteiger partial charge is 0.456 e. The molecule has 0 aliphatic carbocycles. The molecule has 0 radical (unpaired) electrons. The van der Waals surface area contributed by atoms with Crippen molar-refractivity contribution in [3.05, 3.63) is 255 Å². The molecule has 15 aromatic rings. The van der Waals surface area contributed by atoms with Crippen LogP contribution in [0, 0.1) is 0 Å². The molecule has 0 amide bonds. The molecule has 0 atom stereocenters. The van der Waals surface area contributed by atoms with Crippen molar-refractivity contribution >= 4 is 65.7 Å². The molecule has 6 nitrogen and oxygen atoms in total. The molecule has 0 fully saturated rings. The number of fused-ring (bicyclic) bond motifs is 9. The second-order valence-electron chi connectivity index (χ2n) is 19.1. The van der Waals surface area contributed by atoms with Crippen LogP contribution in [0.15, 0.2) is 264 Å². The van der Waals surface area contributed by atoms with E-state index in [2.05, 4.69) is 217 Å². The lowest BCUT2D eigenvalue weighted by Gasteiger charge is -2.13. The Labute approximate surface area is 431 Å². The summed E-state index contributed by atoms with van der Waals surface area (Å²) in [5.41, 5.74) is 18.2. The highest BCUT2D eigenvalue weighted by atomic mass is 16.3. The van der Waals surface area contributed by atoms with Crippen LogP contribution in [-0.4, -0.2) is 19.5 Å². The van der Waals surface area contributed by atoms with Gasteiger partial charge >= 0.3 is 0 Å². The SMILES string of the molecule is c1ccc(-c2ccc(-c3nc(-c4ccccc4)nc(-c4ccc5c(c4)oc4cc(-c6cccc(-c7cc(-n8c9ccccc9c9cc(-c%10ccccc%10)ccc98)c8oc9ccccc9c8c7)c6)ccc45)n3)cc2)cc1. The second-order valence-corrected chi connectivity index (χ2v) is 19.1. The normalized spacial score (nSPS) is 11.7. The molecule has 0 N–H and O–H groups in total. The minimum atomic E-state index is 0.575. The lowest BCUT2D eigenvalue weighted by atomic mass is 9.96. The van der Waals surface area contributed by atoms with Gasteiger partial charge in [-0.15, -0.1) is 0 Å². The maximum atomic E-state index is 6.80. The first-order valence-electron chi connectivity index (χ1n) is 25.2. The minimum Gasteiger partial charge on any atom is -0.456 e. The number of nitrogens with zero attached hydrogens (tertiary/aromatic N) is 4. The van der Waals surface area contributed by atoms with Crippen molar-refractivity contribution in [1.82, 2.24) is 19.5 Å². The third kappa shape index (κ3) is 7.30. The van der Waals surface area contributed by atoms with Crippen LogP contribution in [-0.2, 0) is 0 Å². The van der Waals surface area contributed by atoms with Crippen LogP contribution < -0.4 is 0 Å². The van der Waals surface area contributed by atoms with E-state index in [1.165, 1.54) is 21.9 Å². The van der Waals surface area contributed by atoms with E-state index in [9.17, 15) is 0 Å². The molecule has 0 spiro atoms. The zero-order valence-electron chi connectivity index (χ0n) is 40.4. The summed E-state index contributed by atoms with van der Waals surface area (Å²) in [4.78, 5) is 15.1. The van der Waals surface area contributed by atoms with E-state index in [4.69, 9.17) is 23.8 Å². The van der Waals surface area contributed by atoms with Crippen LogP contribution in [0.4, 0.5) is 0 Å². The molecular formula is C69H42N4O2. The molecule has 0 aliphatic heterocycles. The molecule has 0 unspecified atom stereocenters. The molecule has 0 aliphatic rings. The average molecular weight is 959 g/mol. The van der Waals surface area contributed by atoms with Gasteiger partial charge in [-0.1, -0.05) is 188 Å². The monoisotopic (exact) mass is 958 g/mol. The van der Waals surface area contributed by atoms with Gasteiger partial charge in [-0.2, -0.15) is 0 Å². The van der Waals surface area contributed by atoms with Crippen LogP contribution in [0.25, 0.3) is 150 Å². The van der Waals surface area contributed by atoms with Gasteiger partial charge in [-0.05, 0) is 111 Å². The van der Waals surface area contributed by atoms with Crippen molar-refractivity contribution in [1.29, 1.82) is 0 Å². The van der Waals surface area contributed by atoms with Gasteiger partial charge in [0.05, 0.1) is 16.7 Å². The number of furan rings is 2. The highest BCUT2D eigenvalue weighted by Crippen LogP contribution is 2.43. The van der Waals surface area contributed by atoms with Gasteiger partial charge in [0.2, 0.25) is 0 Å². The Morgan fingerprint density at radius 2 is 0.680 bits per heavy atom. The standard InChI is InChI=1S/C69H42N4O2/c1-4-15-43(16-5-1)45-27-29-47(30-28-45)68-70-67(46-19-8-3-9-20-46)71-69(72-68)52-32-35-57-56-34-31-51(41-64(56)74-65(57)42-52)48-21-14-22-49(37-48)53-39-59-55-24-11-13-26-63(55)75-66(59)62(40-53)73-60-25-12-10-23-54(60)58-38-50(33-36-61(58)73)44-17-6-2-7-18-44/h1-42H. The summed E-state index contributed by atoms with van der Waals surface area (Å²) in [5.74, 6) is 1.79. The zero-order valence-corrected chi connectivity index (χ0v) is 40.4. The number of para-hydroxylation sites is 2. The number of hydrogen-bond donors (Lipinski definition) is 0. The second kappa shape index (κ2) is 17.3. The Morgan fingerprint density at radius 1 is 0.240 bits per heavy atom. The lowest BCUT2D eigenvalue weighted by molar-refractivity contribution is 0.666. The van der Waals surface area contributed by atoms with Gasteiger partial charge < -0.3 is 13.4 Å².